The van der Waals surface area contributed by atoms with Crippen LogP contribution >= 0.6 is 0 Å². The van der Waals surface area contributed by atoms with Gasteiger partial charge in [0.25, 0.3) is 0 Å². The zero-order valence-electron chi connectivity index (χ0n) is 11.9. The number of hydrogen-bond donors (Lipinski definition) is 3. The maximum Gasteiger partial charge on any atom is 0.394 e. The Bertz CT molecular complexity index is 559. The first-order chi connectivity index (χ1) is 9.11. The van der Waals surface area contributed by atoms with E-state index in [0.717, 1.165) is 5.56 Å². The van der Waals surface area contributed by atoms with E-state index < -0.39 is 11.9 Å². The minimum atomic E-state index is -1.56. The lowest BCUT2D eigenvalue weighted by Crippen LogP contribution is -2.24. The van der Waals surface area contributed by atoms with Gasteiger partial charge in [-0.05, 0) is 23.1 Å². The van der Waals surface area contributed by atoms with Crippen molar-refractivity contribution in [2.75, 3.05) is 10.6 Å². The van der Waals surface area contributed by atoms with Crippen molar-refractivity contribution in [2.45, 2.75) is 33.1 Å². The molecule has 1 aromatic rings. The molecule has 6 nitrogen and oxygen atoms in total. The maximum atomic E-state index is 11.3. The molecule has 0 fully saturated rings. The summed E-state index contributed by atoms with van der Waals surface area (Å²) in [5, 5.41) is 13.6. The van der Waals surface area contributed by atoms with E-state index in [1.54, 1.807) is 18.2 Å². The Labute approximate surface area is 117 Å². The highest BCUT2D eigenvalue weighted by molar-refractivity contribution is 6.36. The lowest BCUT2D eigenvalue weighted by Gasteiger charge is -2.23. The fourth-order valence-corrected chi connectivity index (χ4v) is 1.76. The first-order valence-corrected chi connectivity index (χ1v) is 6.07. The second-order valence-corrected chi connectivity index (χ2v) is 5.45. The number of anilines is 2. The van der Waals surface area contributed by atoms with Gasteiger partial charge in [0, 0.05) is 18.3 Å². The largest absolute Gasteiger partial charge is 0.474 e. The Balaban J connectivity index is 3.22. The second kappa shape index (κ2) is 5.73. The molecule has 0 atom stereocenters. The number of carboxylic acid groups (broad SMARTS) is 1. The summed E-state index contributed by atoms with van der Waals surface area (Å²) in [5.41, 5.74) is 1.36. The van der Waals surface area contributed by atoms with E-state index in [4.69, 9.17) is 5.11 Å². The van der Waals surface area contributed by atoms with Crippen molar-refractivity contribution in [3.63, 3.8) is 0 Å². The van der Waals surface area contributed by atoms with E-state index in [0.29, 0.717) is 11.4 Å². The van der Waals surface area contributed by atoms with Crippen LogP contribution in [0.15, 0.2) is 18.2 Å². The molecular formula is C14H18N2O4. The third kappa shape index (κ3) is 4.08. The van der Waals surface area contributed by atoms with Gasteiger partial charge in [0.2, 0.25) is 5.91 Å². The minimum Gasteiger partial charge on any atom is -0.474 e. The van der Waals surface area contributed by atoms with Crippen LogP contribution in [0, 0.1) is 0 Å². The highest BCUT2D eigenvalue weighted by atomic mass is 16.4. The molecule has 3 N–H and O–H groups in total. The van der Waals surface area contributed by atoms with E-state index in [-0.39, 0.29) is 11.3 Å². The Kier molecular flexibility index (Phi) is 4.49. The molecule has 0 aliphatic rings. The highest BCUT2D eigenvalue weighted by Gasteiger charge is 2.21. The normalized spacial score (nSPS) is 10.8. The van der Waals surface area contributed by atoms with Crippen LogP contribution in [0.1, 0.15) is 33.3 Å². The number of aliphatic carboxylic acids is 1. The lowest BCUT2D eigenvalue weighted by atomic mass is 9.85. The fourth-order valence-electron chi connectivity index (χ4n) is 1.76. The average molecular weight is 278 g/mol. The molecule has 0 aliphatic heterocycles. The van der Waals surface area contributed by atoms with Crippen LogP contribution in [-0.4, -0.2) is 22.9 Å². The molecule has 108 valence electrons. The third-order valence-electron chi connectivity index (χ3n) is 2.59. The molecule has 1 rings (SSSR count). The van der Waals surface area contributed by atoms with Crippen LogP contribution in [0.5, 0.6) is 0 Å². The monoisotopic (exact) mass is 278 g/mol. The summed E-state index contributed by atoms with van der Waals surface area (Å²) in [4.78, 5) is 33.0. The zero-order chi connectivity index (χ0) is 15.5. The van der Waals surface area contributed by atoms with Gasteiger partial charge in [-0.3, -0.25) is 9.59 Å². The second-order valence-electron chi connectivity index (χ2n) is 5.45. The number of carbonyl (C=O) groups is 3. The van der Waals surface area contributed by atoms with Gasteiger partial charge in [-0.15, -0.1) is 0 Å². The number of benzene rings is 1. The van der Waals surface area contributed by atoms with Gasteiger partial charge in [-0.2, -0.15) is 0 Å². The number of rotatable bonds is 2. The topological polar surface area (TPSA) is 95.5 Å². The molecule has 0 aromatic heterocycles. The van der Waals surface area contributed by atoms with E-state index >= 15 is 0 Å². The lowest BCUT2D eigenvalue weighted by molar-refractivity contribution is -0.147. The summed E-state index contributed by atoms with van der Waals surface area (Å²) in [5.74, 6) is -2.92. The number of nitrogens with one attached hydrogen (secondary N) is 2. The third-order valence-corrected chi connectivity index (χ3v) is 2.59. The van der Waals surface area contributed by atoms with Crippen molar-refractivity contribution in [1.82, 2.24) is 0 Å². The molecular weight excluding hydrogens is 260 g/mol. The molecule has 0 radical (unpaired) electrons. The first-order valence-electron chi connectivity index (χ1n) is 6.07. The Morgan fingerprint density at radius 2 is 1.70 bits per heavy atom. The van der Waals surface area contributed by atoms with Gasteiger partial charge in [-0.1, -0.05) is 26.8 Å². The van der Waals surface area contributed by atoms with Crippen LogP contribution in [-0.2, 0) is 19.8 Å². The van der Waals surface area contributed by atoms with Crippen LogP contribution in [0.2, 0.25) is 0 Å². The van der Waals surface area contributed by atoms with Crippen LogP contribution < -0.4 is 10.6 Å². The number of carboxylic acids is 1. The van der Waals surface area contributed by atoms with Crippen LogP contribution in [0.4, 0.5) is 11.4 Å². The molecule has 1 aromatic carbocycles. The van der Waals surface area contributed by atoms with Gasteiger partial charge >= 0.3 is 11.9 Å². The predicted molar refractivity (Wildman–Crippen MR) is 75.7 cm³/mol. The summed E-state index contributed by atoms with van der Waals surface area (Å²) < 4.78 is 0. The van der Waals surface area contributed by atoms with Gasteiger partial charge in [-0.25, -0.2) is 4.79 Å². The summed E-state index contributed by atoms with van der Waals surface area (Å²) in [7, 11) is 0. The molecule has 0 heterocycles. The zero-order valence-corrected chi connectivity index (χ0v) is 11.9. The summed E-state index contributed by atoms with van der Waals surface area (Å²) >= 11 is 0. The standard InChI is InChI=1S/C14H18N2O4/c1-8(17)15-9-5-6-10(14(2,3)4)11(7-9)16-12(18)13(19)20/h5-7H,1-4H3,(H,15,17)(H,16,18)(H,19,20). The predicted octanol–water partition coefficient (Wildman–Crippen LogP) is 1.97. The van der Waals surface area contributed by atoms with Gasteiger partial charge in [0.15, 0.2) is 0 Å². The van der Waals surface area contributed by atoms with E-state index in [2.05, 4.69) is 10.6 Å². The summed E-state index contributed by atoms with van der Waals surface area (Å²) in [6.07, 6.45) is 0. The molecule has 0 saturated heterocycles. The van der Waals surface area contributed by atoms with E-state index in [9.17, 15) is 14.4 Å². The van der Waals surface area contributed by atoms with Crippen LogP contribution in [0.25, 0.3) is 0 Å². The molecule has 20 heavy (non-hydrogen) atoms. The molecule has 0 unspecified atom stereocenters. The Morgan fingerprint density at radius 3 is 2.15 bits per heavy atom. The summed E-state index contributed by atoms with van der Waals surface area (Å²) in [6.45, 7) is 7.19. The van der Waals surface area contributed by atoms with Crippen LogP contribution in [0.3, 0.4) is 0 Å². The quantitative estimate of drug-likeness (QED) is 0.721. The van der Waals surface area contributed by atoms with Crippen molar-refractivity contribution in [1.29, 1.82) is 0 Å². The minimum absolute atomic E-state index is 0.246. The number of carbonyl (C=O) groups excluding carboxylic acids is 2. The first kappa shape index (κ1) is 15.7. The molecule has 6 heteroatoms. The summed E-state index contributed by atoms with van der Waals surface area (Å²) in [6, 6.07) is 5.00. The van der Waals surface area contributed by atoms with Crippen molar-refractivity contribution in [3.8, 4) is 0 Å². The molecule has 0 aliphatic carbocycles. The van der Waals surface area contributed by atoms with Gasteiger partial charge < -0.3 is 15.7 Å². The SMILES string of the molecule is CC(=O)Nc1ccc(C(C)(C)C)c(NC(=O)C(=O)O)c1. The van der Waals surface area contributed by atoms with E-state index in [1.807, 2.05) is 20.8 Å². The van der Waals surface area contributed by atoms with Crippen molar-refractivity contribution >= 4 is 29.2 Å². The average Bonchev–Trinajstić information content (AvgIpc) is 2.26. The van der Waals surface area contributed by atoms with Gasteiger partial charge in [0.05, 0.1) is 0 Å². The number of amides is 2. The van der Waals surface area contributed by atoms with Crippen molar-refractivity contribution in [2.24, 2.45) is 0 Å². The van der Waals surface area contributed by atoms with Crippen molar-refractivity contribution in [3.05, 3.63) is 23.8 Å². The van der Waals surface area contributed by atoms with E-state index in [1.165, 1.54) is 6.92 Å². The number of hydrogen-bond acceptors (Lipinski definition) is 3. The Hall–Kier alpha value is -2.37. The maximum absolute atomic E-state index is 11.3. The molecule has 0 saturated carbocycles. The molecule has 0 spiro atoms. The fraction of sp³-hybridized carbons (Fsp3) is 0.357. The smallest absolute Gasteiger partial charge is 0.394 e. The Morgan fingerprint density at radius 1 is 1.10 bits per heavy atom. The van der Waals surface area contributed by atoms with Gasteiger partial charge in [0.1, 0.15) is 0 Å². The van der Waals surface area contributed by atoms with Crippen molar-refractivity contribution < 1.29 is 19.5 Å². The highest BCUT2D eigenvalue weighted by Crippen LogP contribution is 2.31. The molecule has 0 bridgehead atoms. The molecule has 2 amide bonds.